The van der Waals surface area contributed by atoms with Crippen LogP contribution in [0.1, 0.15) is 0 Å². The molecule has 33 heavy (non-hydrogen) atoms. The second-order valence-electron chi connectivity index (χ2n) is 7.08. The SMILES string of the molecule is COc1ccc(Cl)c(S(=O)(=O)Nc2cccc(Nc3nc4ccccc4n4cnnc34)c2)c1. The Hall–Kier alpha value is -3.89. The number of sulfonamides is 1. The van der Waals surface area contributed by atoms with E-state index in [0.29, 0.717) is 28.6 Å². The predicted octanol–water partition coefficient (Wildman–Crippen LogP) is 4.48. The fourth-order valence-electron chi connectivity index (χ4n) is 3.41. The molecule has 0 saturated carbocycles. The number of anilines is 3. The van der Waals surface area contributed by atoms with Gasteiger partial charge in [-0.05, 0) is 42.5 Å². The van der Waals surface area contributed by atoms with Crippen molar-refractivity contribution in [2.75, 3.05) is 17.1 Å². The van der Waals surface area contributed by atoms with Gasteiger partial charge in [0.2, 0.25) is 5.65 Å². The van der Waals surface area contributed by atoms with Gasteiger partial charge < -0.3 is 10.1 Å². The summed E-state index contributed by atoms with van der Waals surface area (Å²) in [6, 6.07) is 18.9. The minimum Gasteiger partial charge on any atom is -0.497 e. The molecule has 0 atom stereocenters. The summed E-state index contributed by atoms with van der Waals surface area (Å²) < 4.78 is 35.4. The van der Waals surface area contributed by atoms with Gasteiger partial charge >= 0.3 is 0 Å². The number of nitrogens with one attached hydrogen (secondary N) is 2. The van der Waals surface area contributed by atoms with Gasteiger partial charge in [0.1, 0.15) is 17.0 Å². The number of ether oxygens (including phenoxy) is 1. The monoisotopic (exact) mass is 480 g/mol. The zero-order valence-corrected chi connectivity index (χ0v) is 18.8. The van der Waals surface area contributed by atoms with Gasteiger partial charge in [-0.3, -0.25) is 9.12 Å². The van der Waals surface area contributed by atoms with E-state index in [4.69, 9.17) is 16.3 Å². The van der Waals surface area contributed by atoms with Crippen LogP contribution in [0.2, 0.25) is 5.02 Å². The lowest BCUT2D eigenvalue weighted by atomic mass is 10.2. The van der Waals surface area contributed by atoms with Crippen molar-refractivity contribution in [3.63, 3.8) is 0 Å². The first-order valence-corrected chi connectivity index (χ1v) is 11.6. The summed E-state index contributed by atoms with van der Waals surface area (Å²) in [6.45, 7) is 0. The third kappa shape index (κ3) is 4.01. The second kappa shape index (κ2) is 8.23. The molecule has 2 N–H and O–H groups in total. The maximum absolute atomic E-state index is 12.9. The molecule has 0 saturated heterocycles. The van der Waals surface area contributed by atoms with Crippen molar-refractivity contribution >= 4 is 55.5 Å². The molecule has 166 valence electrons. The lowest BCUT2D eigenvalue weighted by Gasteiger charge is -2.13. The van der Waals surface area contributed by atoms with Crippen LogP contribution in [0.15, 0.2) is 78.0 Å². The molecule has 2 aromatic heterocycles. The molecule has 0 fully saturated rings. The standard InChI is InChI=1S/C22H17ClN6O3S/c1-32-16-9-10-17(23)20(12-16)33(30,31)28-15-6-4-5-14(11-15)25-21-22-27-24-13-29(22)19-8-3-2-7-18(19)26-21/h2-13,28H,1H3,(H,25,26). The van der Waals surface area contributed by atoms with E-state index in [0.717, 1.165) is 11.0 Å². The summed E-state index contributed by atoms with van der Waals surface area (Å²) in [5.41, 5.74) is 3.14. The van der Waals surface area contributed by atoms with E-state index in [2.05, 4.69) is 25.2 Å². The number of nitrogens with zero attached hydrogens (tertiary/aromatic N) is 4. The third-order valence-electron chi connectivity index (χ3n) is 4.94. The largest absolute Gasteiger partial charge is 0.497 e. The second-order valence-corrected chi connectivity index (χ2v) is 9.14. The molecular weight excluding hydrogens is 464 g/mol. The molecule has 0 bridgehead atoms. The van der Waals surface area contributed by atoms with Gasteiger partial charge in [-0.15, -0.1) is 10.2 Å². The van der Waals surface area contributed by atoms with E-state index in [1.165, 1.54) is 19.2 Å². The van der Waals surface area contributed by atoms with E-state index in [-0.39, 0.29) is 9.92 Å². The zero-order chi connectivity index (χ0) is 23.0. The van der Waals surface area contributed by atoms with Crippen LogP contribution < -0.4 is 14.8 Å². The van der Waals surface area contributed by atoms with E-state index in [1.54, 1.807) is 36.7 Å². The Kier molecular flexibility index (Phi) is 5.23. The lowest BCUT2D eigenvalue weighted by molar-refractivity contribution is 0.413. The quantitative estimate of drug-likeness (QED) is 0.368. The summed E-state index contributed by atoms with van der Waals surface area (Å²) in [5, 5.41) is 11.5. The van der Waals surface area contributed by atoms with Crippen molar-refractivity contribution in [2.45, 2.75) is 4.90 Å². The lowest BCUT2D eigenvalue weighted by Crippen LogP contribution is -2.13. The van der Waals surface area contributed by atoms with Crippen LogP contribution in [0.5, 0.6) is 5.75 Å². The number of fused-ring (bicyclic) bond motifs is 3. The van der Waals surface area contributed by atoms with Gasteiger partial charge in [0.15, 0.2) is 5.82 Å². The topological polar surface area (TPSA) is 111 Å². The van der Waals surface area contributed by atoms with E-state index in [9.17, 15) is 8.42 Å². The predicted molar refractivity (Wildman–Crippen MR) is 127 cm³/mol. The molecule has 0 aliphatic carbocycles. The molecule has 0 amide bonds. The number of aromatic nitrogens is 4. The molecule has 0 radical (unpaired) electrons. The number of rotatable bonds is 6. The first kappa shape index (κ1) is 21.0. The highest BCUT2D eigenvalue weighted by atomic mass is 35.5. The minimum atomic E-state index is -3.95. The highest BCUT2D eigenvalue weighted by Crippen LogP contribution is 2.29. The Bertz CT molecular complexity index is 1600. The van der Waals surface area contributed by atoms with Crippen LogP contribution in [0, 0.1) is 0 Å². The molecule has 0 aliphatic rings. The Morgan fingerprint density at radius 3 is 2.67 bits per heavy atom. The van der Waals surface area contributed by atoms with Crippen LogP contribution in [-0.2, 0) is 10.0 Å². The smallest absolute Gasteiger partial charge is 0.263 e. The van der Waals surface area contributed by atoms with Crippen LogP contribution in [-0.4, -0.2) is 35.1 Å². The number of hydrogen-bond donors (Lipinski definition) is 2. The molecule has 0 unspecified atom stereocenters. The van der Waals surface area contributed by atoms with Gasteiger partial charge in [-0.2, -0.15) is 0 Å². The normalized spacial score (nSPS) is 11.6. The van der Waals surface area contributed by atoms with Crippen molar-refractivity contribution in [2.24, 2.45) is 0 Å². The van der Waals surface area contributed by atoms with Gasteiger partial charge in [0.25, 0.3) is 10.0 Å². The Morgan fingerprint density at radius 1 is 1.00 bits per heavy atom. The maximum Gasteiger partial charge on any atom is 0.263 e. The molecule has 0 spiro atoms. The number of halogens is 1. The van der Waals surface area contributed by atoms with Crippen molar-refractivity contribution in [1.82, 2.24) is 19.6 Å². The highest BCUT2D eigenvalue weighted by molar-refractivity contribution is 7.92. The first-order chi connectivity index (χ1) is 15.9. The van der Waals surface area contributed by atoms with Crippen LogP contribution in [0.25, 0.3) is 16.7 Å². The molecule has 5 rings (SSSR count). The van der Waals surface area contributed by atoms with Gasteiger partial charge in [-0.1, -0.05) is 29.8 Å². The van der Waals surface area contributed by atoms with Gasteiger partial charge in [0, 0.05) is 11.8 Å². The summed E-state index contributed by atoms with van der Waals surface area (Å²) in [6.07, 6.45) is 1.62. The van der Waals surface area contributed by atoms with Crippen LogP contribution in [0.3, 0.4) is 0 Å². The van der Waals surface area contributed by atoms with Crippen molar-refractivity contribution in [3.05, 3.63) is 78.1 Å². The number of hydrogen-bond acceptors (Lipinski definition) is 7. The van der Waals surface area contributed by atoms with Gasteiger partial charge in [0.05, 0.1) is 28.9 Å². The summed E-state index contributed by atoms with van der Waals surface area (Å²) in [5.74, 6) is 0.872. The fraction of sp³-hybridized carbons (Fsp3) is 0.0455. The van der Waals surface area contributed by atoms with Crippen LogP contribution in [0.4, 0.5) is 17.2 Å². The Morgan fingerprint density at radius 2 is 1.82 bits per heavy atom. The third-order valence-corrected chi connectivity index (χ3v) is 6.80. The first-order valence-electron chi connectivity index (χ1n) is 9.76. The Labute approximate surface area is 194 Å². The molecular formula is C22H17ClN6O3S. The molecule has 11 heteroatoms. The minimum absolute atomic E-state index is 0.0803. The van der Waals surface area contributed by atoms with Crippen LogP contribution >= 0.6 is 11.6 Å². The summed E-state index contributed by atoms with van der Waals surface area (Å²) in [7, 11) is -2.50. The average Bonchev–Trinajstić information content (AvgIpc) is 3.30. The molecule has 9 nitrogen and oxygen atoms in total. The molecule has 0 aliphatic heterocycles. The summed E-state index contributed by atoms with van der Waals surface area (Å²) >= 11 is 6.12. The fourth-order valence-corrected chi connectivity index (χ4v) is 4.98. The van der Waals surface area contributed by atoms with E-state index in [1.807, 2.05) is 28.7 Å². The zero-order valence-electron chi connectivity index (χ0n) is 17.2. The molecule has 5 aromatic rings. The number of methoxy groups -OCH3 is 1. The highest BCUT2D eigenvalue weighted by Gasteiger charge is 2.19. The number of benzene rings is 3. The Balaban J connectivity index is 1.47. The van der Waals surface area contributed by atoms with Gasteiger partial charge in [-0.25, -0.2) is 13.4 Å². The molecule has 3 aromatic carbocycles. The van der Waals surface area contributed by atoms with E-state index < -0.39 is 10.0 Å². The van der Waals surface area contributed by atoms with Crippen molar-refractivity contribution < 1.29 is 13.2 Å². The number of para-hydroxylation sites is 2. The van der Waals surface area contributed by atoms with Crippen molar-refractivity contribution in [1.29, 1.82) is 0 Å². The maximum atomic E-state index is 12.9. The summed E-state index contributed by atoms with van der Waals surface area (Å²) in [4.78, 5) is 4.57. The van der Waals surface area contributed by atoms with E-state index >= 15 is 0 Å². The average molecular weight is 481 g/mol. The van der Waals surface area contributed by atoms with Crippen molar-refractivity contribution in [3.8, 4) is 5.75 Å². The molecule has 2 heterocycles.